The molecule has 76 valence electrons. The molecule has 1 aromatic carbocycles. The second kappa shape index (κ2) is 3.98. The lowest BCUT2D eigenvalue weighted by Crippen LogP contribution is -2.31. The molecule has 0 radical (unpaired) electrons. The van der Waals surface area contributed by atoms with Crippen LogP contribution in [0.15, 0.2) is 24.3 Å². The van der Waals surface area contributed by atoms with Gasteiger partial charge in [-0.3, -0.25) is 0 Å². The van der Waals surface area contributed by atoms with Gasteiger partial charge in [-0.1, -0.05) is 12.1 Å². The molecule has 2 rings (SSSR count). The zero-order valence-corrected chi connectivity index (χ0v) is 8.23. The minimum atomic E-state index is -0.393. The second-order valence-corrected chi connectivity index (χ2v) is 3.73. The van der Waals surface area contributed by atoms with Crippen LogP contribution in [0.2, 0.25) is 0 Å². The third-order valence-corrected chi connectivity index (χ3v) is 2.42. The molecule has 2 atom stereocenters. The molecule has 1 aromatic rings. The van der Waals surface area contributed by atoms with Crippen molar-refractivity contribution in [3.8, 4) is 0 Å². The highest BCUT2D eigenvalue weighted by Gasteiger charge is 2.25. The van der Waals surface area contributed by atoms with Crippen LogP contribution in [0.5, 0.6) is 0 Å². The molecule has 14 heavy (non-hydrogen) atoms. The number of nitrogens with one attached hydrogen (secondary N) is 1. The second-order valence-electron chi connectivity index (χ2n) is 3.73. The van der Waals surface area contributed by atoms with Crippen molar-refractivity contribution < 1.29 is 9.84 Å². The van der Waals surface area contributed by atoms with Crippen molar-refractivity contribution in [1.82, 2.24) is 0 Å². The normalized spacial score (nSPS) is 26.4. The van der Waals surface area contributed by atoms with E-state index in [1.807, 2.05) is 25.1 Å². The number of aryl methyl sites for hydroxylation is 1. The van der Waals surface area contributed by atoms with Crippen molar-refractivity contribution in [2.45, 2.75) is 19.1 Å². The van der Waals surface area contributed by atoms with Gasteiger partial charge in [0.25, 0.3) is 0 Å². The summed E-state index contributed by atoms with van der Waals surface area (Å²) >= 11 is 0. The first-order valence-corrected chi connectivity index (χ1v) is 4.85. The van der Waals surface area contributed by atoms with Crippen LogP contribution in [-0.4, -0.2) is 30.5 Å². The highest BCUT2D eigenvalue weighted by atomic mass is 16.5. The molecule has 0 aliphatic carbocycles. The number of benzene rings is 1. The largest absolute Gasteiger partial charge is 0.388 e. The zero-order chi connectivity index (χ0) is 9.97. The van der Waals surface area contributed by atoms with E-state index < -0.39 is 6.10 Å². The molecule has 0 spiro atoms. The van der Waals surface area contributed by atoms with E-state index in [2.05, 4.69) is 11.4 Å². The van der Waals surface area contributed by atoms with Crippen molar-refractivity contribution in [3.05, 3.63) is 29.8 Å². The van der Waals surface area contributed by atoms with Crippen LogP contribution in [0.4, 0.5) is 5.69 Å². The Labute approximate surface area is 83.7 Å². The summed E-state index contributed by atoms with van der Waals surface area (Å²) in [7, 11) is 0. The highest BCUT2D eigenvalue weighted by Crippen LogP contribution is 2.15. The SMILES string of the molecule is Cc1cccc(N[C@@H]2COC[C@H]2O)c1. The molecule has 1 heterocycles. The number of rotatable bonds is 2. The summed E-state index contributed by atoms with van der Waals surface area (Å²) in [6, 6.07) is 8.13. The predicted molar refractivity (Wildman–Crippen MR) is 55.4 cm³/mol. The number of ether oxygens (including phenoxy) is 1. The van der Waals surface area contributed by atoms with E-state index in [1.54, 1.807) is 0 Å². The van der Waals surface area contributed by atoms with Crippen LogP contribution in [0.25, 0.3) is 0 Å². The first-order valence-electron chi connectivity index (χ1n) is 4.85. The summed E-state index contributed by atoms with van der Waals surface area (Å²) in [5, 5.41) is 12.8. The summed E-state index contributed by atoms with van der Waals surface area (Å²) < 4.78 is 5.16. The first-order chi connectivity index (χ1) is 6.75. The number of anilines is 1. The van der Waals surface area contributed by atoms with Gasteiger partial charge in [-0.05, 0) is 24.6 Å². The van der Waals surface area contributed by atoms with Gasteiger partial charge in [0.05, 0.1) is 25.4 Å². The summed E-state index contributed by atoms with van der Waals surface area (Å²) in [6.45, 7) is 3.06. The molecular formula is C11H15NO2. The maximum Gasteiger partial charge on any atom is 0.0996 e. The minimum absolute atomic E-state index is 0.0248. The lowest BCUT2D eigenvalue weighted by molar-refractivity contribution is 0.125. The molecule has 1 saturated heterocycles. The van der Waals surface area contributed by atoms with Crippen molar-refractivity contribution in [3.63, 3.8) is 0 Å². The van der Waals surface area contributed by atoms with E-state index in [0.29, 0.717) is 13.2 Å². The molecule has 1 aliphatic heterocycles. The molecule has 3 nitrogen and oxygen atoms in total. The number of aliphatic hydroxyl groups excluding tert-OH is 1. The molecule has 1 aliphatic rings. The highest BCUT2D eigenvalue weighted by molar-refractivity contribution is 5.46. The van der Waals surface area contributed by atoms with E-state index in [1.165, 1.54) is 5.56 Å². The van der Waals surface area contributed by atoms with Gasteiger partial charge in [-0.15, -0.1) is 0 Å². The Morgan fingerprint density at radius 3 is 2.93 bits per heavy atom. The maximum atomic E-state index is 9.53. The molecular weight excluding hydrogens is 178 g/mol. The lowest BCUT2D eigenvalue weighted by Gasteiger charge is -2.16. The van der Waals surface area contributed by atoms with Gasteiger partial charge in [-0.2, -0.15) is 0 Å². The zero-order valence-electron chi connectivity index (χ0n) is 8.23. The Bertz CT molecular complexity index is 314. The first kappa shape index (κ1) is 9.49. The molecule has 0 amide bonds. The van der Waals surface area contributed by atoms with E-state index in [9.17, 15) is 5.11 Å². The molecule has 0 aromatic heterocycles. The number of hydrogen-bond donors (Lipinski definition) is 2. The average Bonchev–Trinajstić information content (AvgIpc) is 2.52. The summed E-state index contributed by atoms with van der Waals surface area (Å²) in [5.41, 5.74) is 2.25. The van der Waals surface area contributed by atoms with Gasteiger partial charge in [0.1, 0.15) is 0 Å². The smallest absolute Gasteiger partial charge is 0.0996 e. The number of hydrogen-bond acceptors (Lipinski definition) is 3. The lowest BCUT2D eigenvalue weighted by atomic mass is 10.1. The van der Waals surface area contributed by atoms with Gasteiger partial charge in [0, 0.05) is 5.69 Å². The molecule has 3 heteroatoms. The van der Waals surface area contributed by atoms with Crippen LogP contribution in [0.1, 0.15) is 5.56 Å². The van der Waals surface area contributed by atoms with Crippen molar-refractivity contribution in [2.75, 3.05) is 18.5 Å². The van der Waals surface area contributed by atoms with E-state index in [4.69, 9.17) is 4.74 Å². The third-order valence-electron chi connectivity index (χ3n) is 2.42. The minimum Gasteiger partial charge on any atom is -0.388 e. The summed E-state index contributed by atoms with van der Waals surface area (Å²) in [5.74, 6) is 0. The van der Waals surface area contributed by atoms with Crippen LogP contribution >= 0.6 is 0 Å². The van der Waals surface area contributed by atoms with E-state index >= 15 is 0 Å². The Morgan fingerprint density at radius 2 is 2.29 bits per heavy atom. The summed E-state index contributed by atoms with van der Waals surface area (Å²) in [6.07, 6.45) is -0.393. The van der Waals surface area contributed by atoms with Gasteiger partial charge in [-0.25, -0.2) is 0 Å². The van der Waals surface area contributed by atoms with Crippen LogP contribution in [0, 0.1) is 6.92 Å². The molecule has 0 unspecified atom stereocenters. The monoisotopic (exact) mass is 193 g/mol. The van der Waals surface area contributed by atoms with Crippen molar-refractivity contribution in [1.29, 1.82) is 0 Å². The standard InChI is InChI=1S/C11H15NO2/c1-8-3-2-4-9(5-8)12-10-6-14-7-11(10)13/h2-5,10-13H,6-7H2,1H3/t10-,11-/m1/s1. The maximum absolute atomic E-state index is 9.53. The molecule has 1 fully saturated rings. The van der Waals surface area contributed by atoms with Gasteiger partial charge < -0.3 is 15.2 Å². The third kappa shape index (κ3) is 2.05. The fraction of sp³-hybridized carbons (Fsp3) is 0.455. The summed E-state index contributed by atoms with van der Waals surface area (Å²) in [4.78, 5) is 0. The predicted octanol–water partition coefficient (Wildman–Crippen LogP) is 1.17. The van der Waals surface area contributed by atoms with E-state index in [0.717, 1.165) is 5.69 Å². The number of aliphatic hydroxyl groups is 1. The Balaban J connectivity index is 2.03. The molecule has 0 bridgehead atoms. The molecule has 0 saturated carbocycles. The topological polar surface area (TPSA) is 41.5 Å². The van der Waals surface area contributed by atoms with Crippen molar-refractivity contribution in [2.24, 2.45) is 0 Å². The van der Waals surface area contributed by atoms with E-state index in [-0.39, 0.29) is 6.04 Å². The van der Waals surface area contributed by atoms with Gasteiger partial charge in [0.15, 0.2) is 0 Å². The fourth-order valence-electron chi connectivity index (χ4n) is 1.63. The van der Waals surface area contributed by atoms with Gasteiger partial charge >= 0.3 is 0 Å². The Hall–Kier alpha value is -1.06. The van der Waals surface area contributed by atoms with Crippen LogP contribution < -0.4 is 5.32 Å². The van der Waals surface area contributed by atoms with Crippen LogP contribution in [0.3, 0.4) is 0 Å². The van der Waals surface area contributed by atoms with Crippen LogP contribution in [-0.2, 0) is 4.74 Å². The van der Waals surface area contributed by atoms with Gasteiger partial charge in [0.2, 0.25) is 0 Å². The van der Waals surface area contributed by atoms with Crippen molar-refractivity contribution >= 4 is 5.69 Å². The Morgan fingerprint density at radius 1 is 1.43 bits per heavy atom. The Kier molecular flexibility index (Phi) is 2.70. The average molecular weight is 193 g/mol. The molecule has 2 N–H and O–H groups in total. The fourth-order valence-corrected chi connectivity index (χ4v) is 1.63. The quantitative estimate of drug-likeness (QED) is 0.740.